The quantitative estimate of drug-likeness (QED) is 0.309. The highest BCUT2D eigenvalue weighted by atomic mass is 127. The standard InChI is InChI=1S/C18H33F3N4O3S.HI/c1-17(2,3)15-13(6-5-11-28-15)12-23-16(22-4)24-14-7-9-25(10-8-14)29(26,27)18(19,20)21;/h13-15H,5-12H2,1-4H3,(H2,22,23,24);1H. The van der Waals surface area contributed by atoms with Crippen LogP contribution in [0.1, 0.15) is 46.5 Å². The number of piperidine rings is 1. The van der Waals surface area contributed by atoms with E-state index < -0.39 is 15.5 Å². The van der Waals surface area contributed by atoms with Gasteiger partial charge in [-0.2, -0.15) is 17.5 Å². The summed E-state index contributed by atoms with van der Waals surface area (Å²) in [6.45, 7) is 7.59. The van der Waals surface area contributed by atoms with Gasteiger partial charge >= 0.3 is 15.5 Å². The summed E-state index contributed by atoms with van der Waals surface area (Å²) < 4.78 is 67.6. The molecule has 7 nitrogen and oxygen atoms in total. The van der Waals surface area contributed by atoms with Gasteiger partial charge in [0.25, 0.3) is 0 Å². The van der Waals surface area contributed by atoms with Crippen molar-refractivity contribution in [3.05, 3.63) is 0 Å². The van der Waals surface area contributed by atoms with E-state index in [9.17, 15) is 21.6 Å². The van der Waals surface area contributed by atoms with E-state index in [0.29, 0.717) is 22.7 Å². The Bertz CT molecular complexity index is 675. The Balaban J connectivity index is 0.00000450. The second-order valence-electron chi connectivity index (χ2n) is 8.78. The van der Waals surface area contributed by atoms with Gasteiger partial charge < -0.3 is 15.4 Å². The molecule has 0 aromatic carbocycles. The number of sulfonamides is 1. The predicted octanol–water partition coefficient (Wildman–Crippen LogP) is 2.92. The molecule has 2 fully saturated rings. The zero-order chi connectivity index (χ0) is 21.9. The summed E-state index contributed by atoms with van der Waals surface area (Å²) >= 11 is 0. The van der Waals surface area contributed by atoms with Crippen LogP contribution >= 0.6 is 24.0 Å². The van der Waals surface area contributed by atoms with Gasteiger partial charge in [-0.3, -0.25) is 4.99 Å². The molecule has 0 aromatic rings. The van der Waals surface area contributed by atoms with Gasteiger partial charge in [0.1, 0.15) is 0 Å². The molecule has 2 saturated heterocycles. The highest BCUT2D eigenvalue weighted by molar-refractivity contribution is 14.0. The van der Waals surface area contributed by atoms with Gasteiger partial charge in [0.15, 0.2) is 5.96 Å². The molecule has 12 heteroatoms. The molecule has 2 N–H and O–H groups in total. The SMILES string of the molecule is CN=C(NCC1CCCOC1C(C)(C)C)NC1CCN(S(=O)(=O)C(F)(F)F)CC1.I. The molecule has 0 bridgehead atoms. The molecule has 0 amide bonds. The third-order valence-corrected chi connectivity index (χ3v) is 7.11. The maximum atomic E-state index is 12.7. The Hall–Kier alpha value is -0.340. The summed E-state index contributed by atoms with van der Waals surface area (Å²) in [6, 6.07) is -0.137. The van der Waals surface area contributed by atoms with Gasteiger partial charge in [-0.05, 0) is 31.1 Å². The van der Waals surface area contributed by atoms with Crippen molar-refractivity contribution < 1.29 is 26.3 Å². The Labute approximate surface area is 194 Å². The fraction of sp³-hybridized carbons (Fsp3) is 0.944. The number of nitrogens with one attached hydrogen (secondary N) is 2. The minimum absolute atomic E-state index is 0. The van der Waals surface area contributed by atoms with Crippen LogP contribution in [0.4, 0.5) is 13.2 Å². The normalized spacial score (nSPS) is 25.5. The van der Waals surface area contributed by atoms with E-state index >= 15 is 0 Å². The average molecular weight is 570 g/mol. The highest BCUT2D eigenvalue weighted by Gasteiger charge is 2.50. The van der Waals surface area contributed by atoms with Gasteiger partial charge in [0.05, 0.1) is 6.10 Å². The molecule has 0 radical (unpaired) electrons. The summed E-state index contributed by atoms with van der Waals surface area (Å²) in [6.07, 6.45) is 2.77. The minimum Gasteiger partial charge on any atom is -0.377 e. The second-order valence-corrected chi connectivity index (χ2v) is 10.7. The summed E-state index contributed by atoms with van der Waals surface area (Å²) in [5.74, 6) is 0.904. The second kappa shape index (κ2) is 11.0. The first kappa shape index (κ1) is 27.7. The first-order chi connectivity index (χ1) is 13.4. The lowest BCUT2D eigenvalue weighted by Crippen LogP contribution is -2.53. The van der Waals surface area contributed by atoms with E-state index in [0.717, 1.165) is 19.4 Å². The van der Waals surface area contributed by atoms with Gasteiger partial charge in [-0.15, -0.1) is 24.0 Å². The van der Waals surface area contributed by atoms with Gasteiger partial charge in [-0.1, -0.05) is 20.8 Å². The molecule has 2 rings (SSSR count). The number of ether oxygens (including phenoxy) is 1. The van der Waals surface area contributed by atoms with Crippen molar-refractivity contribution in [2.75, 3.05) is 33.3 Å². The molecule has 2 unspecified atom stereocenters. The zero-order valence-corrected chi connectivity index (χ0v) is 21.1. The van der Waals surface area contributed by atoms with Crippen LogP contribution in [0.3, 0.4) is 0 Å². The Morgan fingerprint density at radius 3 is 2.27 bits per heavy atom. The molecular formula is C18H34F3IN4O3S. The summed E-state index contributed by atoms with van der Waals surface area (Å²) in [4.78, 5) is 4.20. The molecule has 2 aliphatic heterocycles. The van der Waals surface area contributed by atoms with Crippen LogP contribution in [0.2, 0.25) is 0 Å². The van der Waals surface area contributed by atoms with E-state index in [2.05, 4.69) is 36.4 Å². The van der Waals surface area contributed by atoms with Crippen LogP contribution < -0.4 is 10.6 Å². The number of aliphatic imine (C=N–C) groups is 1. The molecule has 0 saturated carbocycles. The topological polar surface area (TPSA) is 83.0 Å². The van der Waals surface area contributed by atoms with Crippen molar-refractivity contribution >= 4 is 40.0 Å². The molecule has 0 spiro atoms. The number of hydrogen-bond donors (Lipinski definition) is 2. The van der Waals surface area contributed by atoms with E-state index in [1.807, 2.05) is 0 Å². The van der Waals surface area contributed by atoms with Crippen molar-refractivity contribution in [3.8, 4) is 0 Å². The minimum atomic E-state index is -5.26. The van der Waals surface area contributed by atoms with E-state index in [1.54, 1.807) is 7.05 Å². The maximum Gasteiger partial charge on any atom is 0.511 e. The molecule has 2 aliphatic rings. The third kappa shape index (κ3) is 7.09. The van der Waals surface area contributed by atoms with E-state index in [-0.39, 0.29) is 67.5 Å². The van der Waals surface area contributed by atoms with Crippen molar-refractivity contribution in [1.82, 2.24) is 14.9 Å². The molecule has 30 heavy (non-hydrogen) atoms. The molecule has 2 heterocycles. The summed E-state index contributed by atoms with van der Waals surface area (Å²) in [5, 5.41) is 6.51. The number of guanidine groups is 1. The average Bonchev–Trinajstić information content (AvgIpc) is 2.64. The van der Waals surface area contributed by atoms with Gasteiger partial charge in [0.2, 0.25) is 0 Å². The number of rotatable bonds is 4. The first-order valence-corrected chi connectivity index (χ1v) is 11.5. The fourth-order valence-corrected chi connectivity index (χ4v) is 5.00. The summed E-state index contributed by atoms with van der Waals surface area (Å²) in [5.41, 5.74) is -5.23. The van der Waals surface area contributed by atoms with Crippen molar-refractivity contribution in [2.45, 2.75) is 64.1 Å². The molecular weight excluding hydrogens is 536 g/mol. The fourth-order valence-electron chi connectivity index (χ4n) is 4.01. The largest absolute Gasteiger partial charge is 0.511 e. The van der Waals surface area contributed by atoms with Crippen molar-refractivity contribution in [1.29, 1.82) is 0 Å². The number of nitrogens with zero attached hydrogens (tertiary/aromatic N) is 2. The predicted molar refractivity (Wildman–Crippen MR) is 121 cm³/mol. The van der Waals surface area contributed by atoms with Gasteiger partial charge in [-0.25, -0.2) is 8.42 Å². The molecule has 2 atom stereocenters. The van der Waals surface area contributed by atoms with Crippen LogP contribution in [0.25, 0.3) is 0 Å². The highest BCUT2D eigenvalue weighted by Crippen LogP contribution is 2.33. The lowest BCUT2D eigenvalue weighted by molar-refractivity contribution is -0.0835. The van der Waals surface area contributed by atoms with Gasteiger partial charge in [0, 0.05) is 45.2 Å². The zero-order valence-electron chi connectivity index (χ0n) is 18.0. The Kier molecular flexibility index (Phi) is 10.1. The lowest BCUT2D eigenvalue weighted by atomic mass is 9.78. The lowest BCUT2D eigenvalue weighted by Gasteiger charge is -2.40. The van der Waals surface area contributed by atoms with Crippen LogP contribution in [0.15, 0.2) is 4.99 Å². The maximum absolute atomic E-state index is 12.7. The number of hydrogen-bond acceptors (Lipinski definition) is 4. The smallest absolute Gasteiger partial charge is 0.377 e. The molecule has 178 valence electrons. The van der Waals surface area contributed by atoms with Crippen LogP contribution in [-0.2, 0) is 14.8 Å². The Morgan fingerprint density at radius 2 is 1.77 bits per heavy atom. The van der Waals surface area contributed by atoms with Crippen molar-refractivity contribution in [2.24, 2.45) is 16.3 Å². The van der Waals surface area contributed by atoms with E-state index in [1.165, 1.54) is 0 Å². The number of halogens is 4. The third-order valence-electron chi connectivity index (χ3n) is 5.48. The van der Waals surface area contributed by atoms with Crippen molar-refractivity contribution in [3.63, 3.8) is 0 Å². The van der Waals surface area contributed by atoms with E-state index in [4.69, 9.17) is 4.74 Å². The van der Waals surface area contributed by atoms with Crippen LogP contribution in [0.5, 0.6) is 0 Å². The number of alkyl halides is 3. The van der Waals surface area contributed by atoms with Crippen LogP contribution in [-0.4, -0.2) is 69.6 Å². The first-order valence-electron chi connectivity index (χ1n) is 10.0. The summed E-state index contributed by atoms with van der Waals surface area (Å²) in [7, 11) is -3.62. The Morgan fingerprint density at radius 1 is 1.17 bits per heavy atom. The molecule has 0 aromatic heterocycles. The van der Waals surface area contributed by atoms with Crippen LogP contribution in [0, 0.1) is 11.3 Å². The molecule has 0 aliphatic carbocycles. The monoisotopic (exact) mass is 570 g/mol.